The fourth-order valence-corrected chi connectivity index (χ4v) is 2.51. The van der Waals surface area contributed by atoms with E-state index in [4.69, 9.17) is 0 Å². The Kier molecular flexibility index (Phi) is 2.56. The third-order valence-corrected chi connectivity index (χ3v) is 3.61. The molecule has 0 heterocycles. The number of hydrogen-bond acceptors (Lipinski definition) is 0. The van der Waals surface area contributed by atoms with Gasteiger partial charge >= 0.3 is 0 Å². The van der Waals surface area contributed by atoms with Gasteiger partial charge in [0, 0.05) is 4.47 Å². The van der Waals surface area contributed by atoms with Gasteiger partial charge in [-0.05, 0) is 47.6 Å². The minimum Gasteiger partial charge on any atom is -0.0622 e. The van der Waals surface area contributed by atoms with Crippen LogP contribution >= 0.6 is 15.9 Å². The van der Waals surface area contributed by atoms with Crippen LogP contribution in [0.1, 0.15) is 24.3 Å². The Morgan fingerprint density at radius 3 is 2.38 bits per heavy atom. The molecule has 1 fully saturated rings. The third-order valence-electron chi connectivity index (χ3n) is 3.12. The van der Waals surface area contributed by atoms with Crippen LogP contribution in [0.2, 0.25) is 0 Å². The Labute approximate surface area is 104 Å². The molecule has 0 nitrogen and oxygen atoms in total. The first-order valence-corrected chi connectivity index (χ1v) is 6.49. The van der Waals surface area contributed by atoms with E-state index in [9.17, 15) is 0 Å². The molecule has 0 unspecified atom stereocenters. The van der Waals surface area contributed by atoms with E-state index in [-0.39, 0.29) is 0 Å². The van der Waals surface area contributed by atoms with Gasteiger partial charge in [-0.1, -0.05) is 52.3 Å². The molecule has 0 aromatic heterocycles. The Bertz CT molecular complexity index is 498. The molecule has 0 radical (unpaired) electrons. The molecule has 0 amide bonds. The maximum Gasteiger partial charge on any atom is 0.0181 e. The topological polar surface area (TPSA) is 0 Å². The summed E-state index contributed by atoms with van der Waals surface area (Å²) in [4.78, 5) is 0. The summed E-state index contributed by atoms with van der Waals surface area (Å²) in [5.41, 5.74) is 4.22. The average molecular weight is 273 g/mol. The number of hydrogen-bond donors (Lipinski definition) is 0. The van der Waals surface area contributed by atoms with Gasteiger partial charge in [0.05, 0.1) is 0 Å². The first kappa shape index (κ1) is 10.1. The predicted octanol–water partition coefficient (Wildman–Crippen LogP) is 4.99. The molecule has 2 aromatic rings. The molecule has 16 heavy (non-hydrogen) atoms. The van der Waals surface area contributed by atoms with E-state index in [1.165, 1.54) is 29.5 Å². The standard InChI is InChI=1S/C15H13Br/c16-13-8-9-14(12-6-7-12)15(10-13)11-4-2-1-3-5-11/h1-5,8-10,12H,6-7H2. The van der Waals surface area contributed by atoms with E-state index >= 15 is 0 Å². The second-order valence-corrected chi connectivity index (χ2v) is 5.29. The number of benzene rings is 2. The lowest BCUT2D eigenvalue weighted by Gasteiger charge is -2.09. The van der Waals surface area contributed by atoms with Crippen LogP contribution in [0.5, 0.6) is 0 Å². The first-order valence-electron chi connectivity index (χ1n) is 5.69. The molecule has 1 saturated carbocycles. The summed E-state index contributed by atoms with van der Waals surface area (Å²) in [6.07, 6.45) is 2.70. The minimum absolute atomic E-state index is 0.795. The van der Waals surface area contributed by atoms with Gasteiger partial charge in [0.25, 0.3) is 0 Å². The van der Waals surface area contributed by atoms with Crippen molar-refractivity contribution in [2.75, 3.05) is 0 Å². The van der Waals surface area contributed by atoms with E-state index in [0.29, 0.717) is 0 Å². The van der Waals surface area contributed by atoms with E-state index in [1.807, 2.05) is 0 Å². The van der Waals surface area contributed by atoms with Crippen molar-refractivity contribution in [1.29, 1.82) is 0 Å². The molecule has 0 atom stereocenters. The lowest BCUT2D eigenvalue weighted by molar-refractivity contribution is 1.13. The Morgan fingerprint density at radius 1 is 0.938 bits per heavy atom. The van der Waals surface area contributed by atoms with Crippen LogP contribution in [-0.4, -0.2) is 0 Å². The molecule has 0 N–H and O–H groups in total. The van der Waals surface area contributed by atoms with E-state index in [2.05, 4.69) is 64.5 Å². The Balaban J connectivity index is 2.14. The van der Waals surface area contributed by atoms with E-state index in [0.717, 1.165) is 10.4 Å². The summed E-state index contributed by atoms with van der Waals surface area (Å²) in [6, 6.07) is 17.3. The summed E-state index contributed by atoms with van der Waals surface area (Å²) in [6.45, 7) is 0. The van der Waals surface area contributed by atoms with Gasteiger partial charge in [0.2, 0.25) is 0 Å². The highest BCUT2D eigenvalue weighted by molar-refractivity contribution is 9.10. The van der Waals surface area contributed by atoms with Gasteiger partial charge in [0.15, 0.2) is 0 Å². The van der Waals surface area contributed by atoms with Crippen LogP contribution in [0.3, 0.4) is 0 Å². The van der Waals surface area contributed by atoms with Crippen molar-refractivity contribution >= 4 is 15.9 Å². The monoisotopic (exact) mass is 272 g/mol. The van der Waals surface area contributed by atoms with Crippen molar-refractivity contribution in [2.24, 2.45) is 0 Å². The maximum atomic E-state index is 3.56. The zero-order valence-corrected chi connectivity index (χ0v) is 10.6. The molecule has 0 saturated heterocycles. The molecular weight excluding hydrogens is 260 g/mol. The molecule has 0 aliphatic heterocycles. The number of rotatable bonds is 2. The predicted molar refractivity (Wildman–Crippen MR) is 71.6 cm³/mol. The molecular formula is C15H13Br. The molecule has 3 rings (SSSR count). The molecule has 1 aliphatic carbocycles. The highest BCUT2D eigenvalue weighted by atomic mass is 79.9. The fourth-order valence-electron chi connectivity index (χ4n) is 2.15. The molecule has 80 valence electrons. The summed E-state index contributed by atoms with van der Waals surface area (Å²) in [7, 11) is 0. The van der Waals surface area contributed by atoms with E-state index < -0.39 is 0 Å². The Hall–Kier alpha value is -1.08. The quantitative estimate of drug-likeness (QED) is 0.722. The van der Waals surface area contributed by atoms with Crippen molar-refractivity contribution in [3.8, 4) is 11.1 Å². The van der Waals surface area contributed by atoms with Crippen LogP contribution in [0, 0.1) is 0 Å². The molecule has 2 aromatic carbocycles. The van der Waals surface area contributed by atoms with Crippen LogP contribution in [0.25, 0.3) is 11.1 Å². The van der Waals surface area contributed by atoms with Gasteiger partial charge < -0.3 is 0 Å². The van der Waals surface area contributed by atoms with Crippen molar-refractivity contribution in [1.82, 2.24) is 0 Å². The fraction of sp³-hybridized carbons (Fsp3) is 0.200. The molecule has 0 spiro atoms. The zero-order valence-electron chi connectivity index (χ0n) is 8.99. The Morgan fingerprint density at radius 2 is 1.69 bits per heavy atom. The van der Waals surface area contributed by atoms with Gasteiger partial charge in [0.1, 0.15) is 0 Å². The lowest BCUT2D eigenvalue weighted by Crippen LogP contribution is -1.87. The van der Waals surface area contributed by atoms with Crippen LogP contribution in [0.4, 0.5) is 0 Å². The van der Waals surface area contributed by atoms with Gasteiger partial charge in [-0.3, -0.25) is 0 Å². The summed E-state index contributed by atoms with van der Waals surface area (Å²) in [5.74, 6) is 0.795. The third kappa shape index (κ3) is 1.92. The minimum atomic E-state index is 0.795. The van der Waals surface area contributed by atoms with Crippen molar-refractivity contribution in [2.45, 2.75) is 18.8 Å². The molecule has 1 aliphatic rings. The maximum absolute atomic E-state index is 3.56. The summed E-state index contributed by atoms with van der Waals surface area (Å²) < 4.78 is 1.16. The van der Waals surface area contributed by atoms with Crippen molar-refractivity contribution in [3.63, 3.8) is 0 Å². The summed E-state index contributed by atoms with van der Waals surface area (Å²) in [5, 5.41) is 0. The zero-order chi connectivity index (χ0) is 11.0. The molecule has 0 bridgehead atoms. The second-order valence-electron chi connectivity index (χ2n) is 4.37. The van der Waals surface area contributed by atoms with Gasteiger partial charge in [-0.2, -0.15) is 0 Å². The highest BCUT2D eigenvalue weighted by Crippen LogP contribution is 2.45. The van der Waals surface area contributed by atoms with E-state index in [1.54, 1.807) is 0 Å². The second kappa shape index (κ2) is 4.06. The normalized spacial score (nSPS) is 15.1. The number of halogens is 1. The smallest absolute Gasteiger partial charge is 0.0181 e. The summed E-state index contributed by atoms with van der Waals surface area (Å²) >= 11 is 3.56. The van der Waals surface area contributed by atoms with Gasteiger partial charge in [-0.25, -0.2) is 0 Å². The SMILES string of the molecule is Brc1ccc(C2CC2)c(-c2ccccc2)c1. The first-order chi connectivity index (χ1) is 7.84. The van der Waals surface area contributed by atoms with Gasteiger partial charge in [-0.15, -0.1) is 0 Å². The largest absolute Gasteiger partial charge is 0.0622 e. The van der Waals surface area contributed by atoms with Crippen LogP contribution < -0.4 is 0 Å². The van der Waals surface area contributed by atoms with Crippen molar-refractivity contribution < 1.29 is 0 Å². The highest BCUT2D eigenvalue weighted by Gasteiger charge is 2.26. The lowest BCUT2D eigenvalue weighted by atomic mass is 9.97. The average Bonchev–Trinajstić information content (AvgIpc) is 3.14. The van der Waals surface area contributed by atoms with Crippen LogP contribution in [-0.2, 0) is 0 Å². The van der Waals surface area contributed by atoms with Crippen LogP contribution in [0.15, 0.2) is 53.0 Å². The van der Waals surface area contributed by atoms with Crippen molar-refractivity contribution in [3.05, 3.63) is 58.6 Å². The molecule has 1 heteroatoms.